The summed E-state index contributed by atoms with van der Waals surface area (Å²) in [6.45, 7) is 3.93. The Bertz CT molecular complexity index is 530. The van der Waals surface area contributed by atoms with Crippen LogP contribution in [0.25, 0.3) is 0 Å². The van der Waals surface area contributed by atoms with Gasteiger partial charge in [0.1, 0.15) is 5.82 Å². The van der Waals surface area contributed by atoms with Crippen LogP contribution >= 0.6 is 11.6 Å². The van der Waals surface area contributed by atoms with Gasteiger partial charge in [0.2, 0.25) is 5.91 Å². The largest absolute Gasteiger partial charge is 0.387 e. The molecule has 2 rings (SSSR count). The standard InChI is InChI=1S/C16H21ClFNO3/c1-9-5-12(6-10(2)22-9)16(21)19-8-15(20)11-3-4-13(17)14(18)7-11/h3-4,7,9-10,12,15,20H,5-6,8H2,1-2H3,(H,19,21). The van der Waals surface area contributed by atoms with Gasteiger partial charge in [0.05, 0.1) is 23.3 Å². The van der Waals surface area contributed by atoms with Crippen molar-refractivity contribution >= 4 is 17.5 Å². The maximum Gasteiger partial charge on any atom is 0.223 e. The van der Waals surface area contributed by atoms with Gasteiger partial charge in [-0.25, -0.2) is 4.39 Å². The summed E-state index contributed by atoms with van der Waals surface area (Å²) >= 11 is 5.60. The van der Waals surface area contributed by atoms with Gasteiger partial charge >= 0.3 is 0 Å². The molecule has 1 aliphatic heterocycles. The number of nitrogens with one attached hydrogen (secondary N) is 1. The van der Waals surface area contributed by atoms with Gasteiger partial charge in [-0.15, -0.1) is 0 Å². The average molecular weight is 330 g/mol. The van der Waals surface area contributed by atoms with Gasteiger partial charge < -0.3 is 15.2 Å². The maximum atomic E-state index is 13.4. The number of hydrogen-bond donors (Lipinski definition) is 2. The molecule has 1 heterocycles. The van der Waals surface area contributed by atoms with Crippen molar-refractivity contribution in [3.8, 4) is 0 Å². The Kier molecular flexibility index (Phi) is 5.78. The van der Waals surface area contributed by atoms with E-state index in [9.17, 15) is 14.3 Å². The summed E-state index contributed by atoms with van der Waals surface area (Å²) in [5, 5.41) is 12.8. The number of ether oxygens (including phenoxy) is 1. The number of aliphatic hydroxyl groups is 1. The molecule has 3 atom stereocenters. The molecule has 0 aromatic heterocycles. The Labute approximate surface area is 134 Å². The molecule has 0 radical (unpaired) electrons. The minimum Gasteiger partial charge on any atom is -0.387 e. The highest BCUT2D eigenvalue weighted by atomic mass is 35.5. The Morgan fingerprint density at radius 3 is 2.68 bits per heavy atom. The summed E-state index contributed by atoms with van der Waals surface area (Å²) in [6.07, 6.45) is 0.471. The molecule has 1 aromatic carbocycles. The Balaban J connectivity index is 1.88. The highest BCUT2D eigenvalue weighted by Crippen LogP contribution is 2.25. The van der Waals surface area contributed by atoms with Crippen molar-refractivity contribution in [2.75, 3.05) is 6.54 Å². The van der Waals surface area contributed by atoms with E-state index in [0.29, 0.717) is 18.4 Å². The van der Waals surface area contributed by atoms with E-state index in [0.717, 1.165) is 0 Å². The van der Waals surface area contributed by atoms with Crippen LogP contribution in [-0.2, 0) is 9.53 Å². The summed E-state index contributed by atoms with van der Waals surface area (Å²) in [6, 6.07) is 4.11. The maximum absolute atomic E-state index is 13.4. The number of halogens is 2. The third kappa shape index (κ3) is 4.41. The second kappa shape index (κ2) is 7.40. The SMILES string of the molecule is CC1CC(C(=O)NCC(O)c2ccc(Cl)c(F)c2)CC(C)O1. The molecule has 6 heteroatoms. The molecular formula is C16H21ClFNO3. The quantitative estimate of drug-likeness (QED) is 0.893. The molecule has 0 bridgehead atoms. The Morgan fingerprint density at radius 2 is 2.09 bits per heavy atom. The fourth-order valence-electron chi connectivity index (χ4n) is 2.80. The first-order valence-corrected chi connectivity index (χ1v) is 7.80. The van der Waals surface area contributed by atoms with E-state index >= 15 is 0 Å². The Morgan fingerprint density at radius 1 is 1.45 bits per heavy atom. The third-order valence-electron chi connectivity index (χ3n) is 3.87. The van der Waals surface area contributed by atoms with Crippen LogP contribution in [0, 0.1) is 11.7 Å². The van der Waals surface area contributed by atoms with E-state index < -0.39 is 11.9 Å². The molecule has 1 fully saturated rings. The van der Waals surface area contributed by atoms with E-state index in [2.05, 4.69) is 5.32 Å². The molecule has 0 saturated carbocycles. The van der Waals surface area contributed by atoms with Crippen LogP contribution in [0.3, 0.4) is 0 Å². The number of rotatable bonds is 4. The van der Waals surface area contributed by atoms with Crippen LogP contribution in [-0.4, -0.2) is 29.8 Å². The van der Waals surface area contributed by atoms with E-state index in [1.54, 1.807) is 6.07 Å². The molecule has 122 valence electrons. The van der Waals surface area contributed by atoms with Gasteiger partial charge in [-0.1, -0.05) is 17.7 Å². The molecule has 4 nitrogen and oxygen atoms in total. The summed E-state index contributed by atoms with van der Waals surface area (Å²) in [5.41, 5.74) is 0.385. The van der Waals surface area contributed by atoms with Crippen LogP contribution in [0.4, 0.5) is 4.39 Å². The summed E-state index contributed by atoms with van der Waals surface area (Å²) in [7, 11) is 0. The van der Waals surface area contributed by atoms with Crippen molar-refractivity contribution in [2.45, 2.75) is 45.0 Å². The van der Waals surface area contributed by atoms with Crippen LogP contribution in [0.1, 0.15) is 38.4 Å². The molecule has 0 aliphatic carbocycles. The number of aliphatic hydroxyl groups excluding tert-OH is 1. The van der Waals surface area contributed by atoms with Crippen LogP contribution in [0.2, 0.25) is 5.02 Å². The number of amides is 1. The molecule has 1 saturated heterocycles. The van der Waals surface area contributed by atoms with Crippen molar-refractivity contribution in [3.05, 3.63) is 34.6 Å². The van der Waals surface area contributed by atoms with Gasteiger partial charge in [0, 0.05) is 12.5 Å². The number of carbonyl (C=O) groups excluding carboxylic acids is 1. The number of hydrogen-bond acceptors (Lipinski definition) is 3. The normalized spacial score (nSPS) is 26.5. The highest BCUT2D eigenvalue weighted by molar-refractivity contribution is 6.30. The first-order chi connectivity index (χ1) is 10.4. The average Bonchev–Trinajstić information content (AvgIpc) is 2.46. The first-order valence-electron chi connectivity index (χ1n) is 7.43. The molecular weight excluding hydrogens is 309 g/mol. The van der Waals surface area contributed by atoms with Crippen LogP contribution in [0.5, 0.6) is 0 Å². The lowest BCUT2D eigenvalue weighted by Crippen LogP contribution is -2.40. The zero-order valence-electron chi connectivity index (χ0n) is 12.7. The van der Waals surface area contributed by atoms with Crippen LogP contribution < -0.4 is 5.32 Å². The van der Waals surface area contributed by atoms with Gasteiger partial charge in [0.25, 0.3) is 0 Å². The van der Waals surface area contributed by atoms with Crippen LogP contribution in [0.15, 0.2) is 18.2 Å². The van der Waals surface area contributed by atoms with Crippen molar-refractivity contribution in [1.82, 2.24) is 5.32 Å². The molecule has 2 N–H and O–H groups in total. The predicted molar refractivity (Wildman–Crippen MR) is 82.1 cm³/mol. The van der Waals surface area contributed by atoms with Crippen molar-refractivity contribution in [1.29, 1.82) is 0 Å². The molecule has 0 spiro atoms. The van der Waals surface area contributed by atoms with E-state index in [1.807, 2.05) is 13.8 Å². The van der Waals surface area contributed by atoms with Gasteiger partial charge in [-0.2, -0.15) is 0 Å². The zero-order valence-corrected chi connectivity index (χ0v) is 13.4. The minimum absolute atomic E-state index is 0.00478. The van der Waals surface area contributed by atoms with E-state index in [-0.39, 0.29) is 35.6 Å². The predicted octanol–water partition coefficient (Wildman–Crippen LogP) is 2.83. The highest BCUT2D eigenvalue weighted by Gasteiger charge is 2.29. The second-order valence-electron chi connectivity index (χ2n) is 5.86. The molecule has 3 unspecified atom stereocenters. The smallest absolute Gasteiger partial charge is 0.223 e. The van der Waals surface area contributed by atoms with Gasteiger partial charge in [-0.3, -0.25) is 4.79 Å². The van der Waals surface area contributed by atoms with Gasteiger partial charge in [-0.05, 0) is 44.4 Å². The topological polar surface area (TPSA) is 58.6 Å². The Hall–Kier alpha value is -1.17. The van der Waals surface area contributed by atoms with E-state index in [4.69, 9.17) is 16.3 Å². The van der Waals surface area contributed by atoms with Crippen molar-refractivity contribution in [2.24, 2.45) is 5.92 Å². The number of carbonyl (C=O) groups is 1. The molecule has 1 amide bonds. The summed E-state index contributed by atoms with van der Waals surface area (Å²) in [5.74, 6) is -0.806. The molecule has 1 aliphatic rings. The lowest BCUT2D eigenvalue weighted by atomic mass is 9.92. The van der Waals surface area contributed by atoms with E-state index in [1.165, 1.54) is 12.1 Å². The third-order valence-corrected chi connectivity index (χ3v) is 4.17. The lowest BCUT2D eigenvalue weighted by molar-refractivity contribution is -0.133. The fraction of sp³-hybridized carbons (Fsp3) is 0.562. The van der Waals surface area contributed by atoms with Crippen molar-refractivity contribution in [3.63, 3.8) is 0 Å². The van der Waals surface area contributed by atoms with Gasteiger partial charge in [0.15, 0.2) is 0 Å². The zero-order chi connectivity index (χ0) is 16.3. The first kappa shape index (κ1) is 17.2. The molecule has 1 aromatic rings. The fourth-order valence-corrected chi connectivity index (χ4v) is 2.92. The molecule has 22 heavy (non-hydrogen) atoms. The monoisotopic (exact) mass is 329 g/mol. The summed E-state index contributed by atoms with van der Waals surface area (Å²) in [4.78, 5) is 12.2. The van der Waals surface area contributed by atoms with Crippen molar-refractivity contribution < 1.29 is 19.0 Å². The minimum atomic E-state index is -0.967. The lowest BCUT2D eigenvalue weighted by Gasteiger charge is -2.31. The summed E-state index contributed by atoms with van der Waals surface area (Å²) < 4.78 is 19.0. The second-order valence-corrected chi connectivity index (χ2v) is 6.27. The number of benzene rings is 1.